The molecule has 2 bridgehead atoms. The average Bonchev–Trinajstić information content (AvgIpc) is 2.76. The molecule has 2 fully saturated rings. The molecule has 3 heterocycles. The molecule has 1 aromatic rings. The maximum Gasteiger partial charge on any atom is 0.146 e. The fourth-order valence-corrected chi connectivity index (χ4v) is 2.97. The first-order valence-corrected chi connectivity index (χ1v) is 7.09. The summed E-state index contributed by atoms with van der Waals surface area (Å²) in [6.07, 6.45) is 11.1. The molecule has 19 heavy (non-hydrogen) atoms. The first kappa shape index (κ1) is 12.5. The van der Waals surface area contributed by atoms with Crippen molar-refractivity contribution >= 4 is 5.69 Å². The van der Waals surface area contributed by atoms with Crippen molar-refractivity contribution in [3.8, 4) is 5.75 Å². The van der Waals surface area contributed by atoms with Gasteiger partial charge in [0, 0.05) is 31.2 Å². The van der Waals surface area contributed by atoms with Crippen molar-refractivity contribution in [2.75, 3.05) is 18.0 Å². The van der Waals surface area contributed by atoms with E-state index in [-0.39, 0.29) is 0 Å². The van der Waals surface area contributed by atoms with Gasteiger partial charge in [-0.15, -0.1) is 0 Å². The molecule has 1 N–H and O–H groups in total. The zero-order valence-electron chi connectivity index (χ0n) is 11.4. The quantitative estimate of drug-likeness (QED) is 0.845. The predicted octanol–water partition coefficient (Wildman–Crippen LogP) is 2.32. The van der Waals surface area contributed by atoms with Crippen molar-refractivity contribution in [1.29, 1.82) is 0 Å². The van der Waals surface area contributed by atoms with E-state index in [9.17, 15) is 0 Å². The summed E-state index contributed by atoms with van der Waals surface area (Å²) in [5.41, 5.74) is 1.16. The minimum absolute atomic E-state index is 0.632. The molecular formula is C15H21N3O. The van der Waals surface area contributed by atoms with Crippen LogP contribution < -0.4 is 15.0 Å². The Morgan fingerprint density at radius 2 is 2.21 bits per heavy atom. The van der Waals surface area contributed by atoms with E-state index in [4.69, 9.17) is 4.74 Å². The van der Waals surface area contributed by atoms with Gasteiger partial charge in [0.25, 0.3) is 0 Å². The van der Waals surface area contributed by atoms with Crippen LogP contribution in [0, 0.1) is 0 Å². The van der Waals surface area contributed by atoms with Gasteiger partial charge in [-0.3, -0.25) is 4.98 Å². The molecule has 2 unspecified atom stereocenters. The lowest BCUT2D eigenvalue weighted by Gasteiger charge is -2.26. The standard InChI is InChI=1S/C15H21N3O/c1-2-7-19-15-8-14(9-16-10-15)18-6-5-12-3-4-13(11-18)17-12/h2,7-10,12-13,17H,3-6,11H2,1H3/b7-2+. The zero-order valence-corrected chi connectivity index (χ0v) is 11.4. The minimum Gasteiger partial charge on any atom is -0.464 e. The summed E-state index contributed by atoms with van der Waals surface area (Å²) in [7, 11) is 0. The first-order chi connectivity index (χ1) is 9.35. The summed E-state index contributed by atoms with van der Waals surface area (Å²) in [6.45, 7) is 4.11. The van der Waals surface area contributed by atoms with E-state index in [1.165, 1.54) is 19.3 Å². The number of fused-ring (bicyclic) bond motifs is 2. The third-order valence-electron chi connectivity index (χ3n) is 3.93. The van der Waals surface area contributed by atoms with Crippen LogP contribution in [-0.2, 0) is 0 Å². The van der Waals surface area contributed by atoms with E-state index in [1.807, 2.05) is 19.2 Å². The van der Waals surface area contributed by atoms with Crippen LogP contribution in [0.15, 0.2) is 30.8 Å². The van der Waals surface area contributed by atoms with Gasteiger partial charge in [-0.05, 0) is 26.2 Å². The molecule has 0 saturated carbocycles. The van der Waals surface area contributed by atoms with Gasteiger partial charge in [0.15, 0.2) is 0 Å². The summed E-state index contributed by atoms with van der Waals surface area (Å²) < 4.78 is 5.49. The van der Waals surface area contributed by atoms with Crippen molar-refractivity contribution in [1.82, 2.24) is 10.3 Å². The lowest BCUT2D eigenvalue weighted by Crippen LogP contribution is -2.35. The molecule has 2 aliphatic rings. The lowest BCUT2D eigenvalue weighted by molar-refractivity contribution is 0.477. The molecule has 2 atom stereocenters. The molecule has 4 nitrogen and oxygen atoms in total. The predicted molar refractivity (Wildman–Crippen MR) is 76.5 cm³/mol. The maximum absolute atomic E-state index is 5.49. The number of allylic oxidation sites excluding steroid dienone is 1. The van der Waals surface area contributed by atoms with Gasteiger partial charge in [-0.2, -0.15) is 0 Å². The van der Waals surface area contributed by atoms with Crippen LogP contribution in [0.1, 0.15) is 26.2 Å². The highest BCUT2D eigenvalue weighted by Crippen LogP contribution is 2.26. The van der Waals surface area contributed by atoms with Gasteiger partial charge >= 0.3 is 0 Å². The summed E-state index contributed by atoms with van der Waals surface area (Å²) in [4.78, 5) is 6.71. The van der Waals surface area contributed by atoms with Crippen LogP contribution in [0.2, 0.25) is 0 Å². The largest absolute Gasteiger partial charge is 0.464 e. The molecule has 1 aromatic heterocycles. The van der Waals surface area contributed by atoms with Crippen molar-refractivity contribution in [3.05, 3.63) is 30.8 Å². The number of pyridine rings is 1. The van der Waals surface area contributed by atoms with E-state index >= 15 is 0 Å². The molecular weight excluding hydrogens is 238 g/mol. The number of hydrogen-bond donors (Lipinski definition) is 1. The van der Waals surface area contributed by atoms with Gasteiger partial charge in [0.05, 0.1) is 24.3 Å². The lowest BCUT2D eigenvalue weighted by atomic mass is 10.1. The molecule has 0 spiro atoms. The Morgan fingerprint density at radius 1 is 1.32 bits per heavy atom. The second-order valence-electron chi connectivity index (χ2n) is 5.34. The van der Waals surface area contributed by atoms with E-state index in [1.54, 1.807) is 12.5 Å². The number of nitrogens with one attached hydrogen (secondary N) is 1. The van der Waals surface area contributed by atoms with Gasteiger partial charge < -0.3 is 15.0 Å². The number of anilines is 1. The highest BCUT2D eigenvalue weighted by Gasteiger charge is 2.29. The van der Waals surface area contributed by atoms with E-state index in [0.717, 1.165) is 24.5 Å². The monoisotopic (exact) mass is 259 g/mol. The van der Waals surface area contributed by atoms with Crippen LogP contribution in [0.5, 0.6) is 5.75 Å². The van der Waals surface area contributed by atoms with Crippen LogP contribution in [0.3, 0.4) is 0 Å². The molecule has 102 valence electrons. The highest BCUT2D eigenvalue weighted by molar-refractivity contribution is 5.48. The summed E-state index contributed by atoms with van der Waals surface area (Å²) in [5.74, 6) is 0.804. The fraction of sp³-hybridized carbons (Fsp3) is 0.533. The number of hydrogen-bond acceptors (Lipinski definition) is 4. The van der Waals surface area contributed by atoms with Crippen molar-refractivity contribution in [2.24, 2.45) is 0 Å². The van der Waals surface area contributed by atoms with Crippen LogP contribution in [0.25, 0.3) is 0 Å². The Kier molecular flexibility index (Phi) is 3.69. The Labute approximate surface area is 114 Å². The Balaban J connectivity index is 1.74. The third-order valence-corrected chi connectivity index (χ3v) is 3.93. The number of nitrogens with zero attached hydrogens (tertiary/aromatic N) is 2. The number of ether oxygens (including phenoxy) is 1. The first-order valence-electron chi connectivity index (χ1n) is 7.09. The zero-order chi connectivity index (χ0) is 13.1. The van der Waals surface area contributed by atoms with Gasteiger partial charge in [-0.25, -0.2) is 0 Å². The maximum atomic E-state index is 5.49. The topological polar surface area (TPSA) is 37.4 Å². The second-order valence-corrected chi connectivity index (χ2v) is 5.34. The van der Waals surface area contributed by atoms with Crippen molar-refractivity contribution < 1.29 is 4.74 Å². The van der Waals surface area contributed by atoms with E-state index in [0.29, 0.717) is 12.1 Å². The SMILES string of the molecule is C/C=C/Oc1cncc(N2CCC3CCC(C2)N3)c1. The van der Waals surface area contributed by atoms with E-state index in [2.05, 4.69) is 21.3 Å². The number of rotatable bonds is 3. The second kappa shape index (κ2) is 5.61. The molecule has 0 amide bonds. The van der Waals surface area contributed by atoms with E-state index < -0.39 is 0 Å². The van der Waals surface area contributed by atoms with Crippen LogP contribution in [-0.4, -0.2) is 30.2 Å². The fourth-order valence-electron chi connectivity index (χ4n) is 2.97. The summed E-state index contributed by atoms with van der Waals surface area (Å²) in [6, 6.07) is 3.42. The highest BCUT2D eigenvalue weighted by atomic mass is 16.5. The summed E-state index contributed by atoms with van der Waals surface area (Å²) >= 11 is 0. The van der Waals surface area contributed by atoms with Crippen LogP contribution >= 0.6 is 0 Å². The van der Waals surface area contributed by atoms with Crippen LogP contribution in [0.4, 0.5) is 5.69 Å². The molecule has 3 rings (SSSR count). The van der Waals surface area contributed by atoms with Gasteiger partial charge in [-0.1, -0.05) is 6.08 Å². The molecule has 0 aliphatic carbocycles. The molecule has 2 aliphatic heterocycles. The number of aromatic nitrogens is 1. The molecule has 4 heteroatoms. The van der Waals surface area contributed by atoms with Crippen molar-refractivity contribution in [2.45, 2.75) is 38.3 Å². The van der Waals surface area contributed by atoms with Crippen molar-refractivity contribution in [3.63, 3.8) is 0 Å². The smallest absolute Gasteiger partial charge is 0.146 e. The van der Waals surface area contributed by atoms with Gasteiger partial charge in [0.2, 0.25) is 0 Å². The third kappa shape index (κ3) is 2.89. The molecule has 2 saturated heterocycles. The molecule has 0 aromatic carbocycles. The Hall–Kier alpha value is -1.55. The summed E-state index contributed by atoms with van der Waals surface area (Å²) in [5, 5.41) is 3.70. The normalized spacial score (nSPS) is 26.7. The average molecular weight is 259 g/mol. The Bertz CT molecular complexity index is 460. The van der Waals surface area contributed by atoms with Gasteiger partial charge in [0.1, 0.15) is 5.75 Å². The Morgan fingerprint density at radius 3 is 3.11 bits per heavy atom. The minimum atomic E-state index is 0.632. The molecule has 0 radical (unpaired) electrons.